The molecule has 24 heavy (non-hydrogen) atoms. The third kappa shape index (κ3) is 2.74. The van der Waals surface area contributed by atoms with E-state index in [1.807, 2.05) is 30.3 Å². The summed E-state index contributed by atoms with van der Waals surface area (Å²) in [6.07, 6.45) is 4.50. The lowest BCUT2D eigenvalue weighted by Crippen LogP contribution is -2.45. The second-order valence-corrected chi connectivity index (χ2v) is 6.95. The van der Waals surface area contributed by atoms with Crippen molar-refractivity contribution in [3.8, 4) is 5.69 Å². The van der Waals surface area contributed by atoms with Crippen LogP contribution in [0.25, 0.3) is 5.69 Å². The first-order chi connectivity index (χ1) is 11.7. The summed E-state index contributed by atoms with van der Waals surface area (Å²) in [5.74, 6) is 0.658. The van der Waals surface area contributed by atoms with Crippen LogP contribution in [0.3, 0.4) is 0 Å². The number of piperidine rings is 1. The molecule has 1 N–H and O–H groups in total. The molecule has 7 heteroatoms. The van der Waals surface area contributed by atoms with Gasteiger partial charge in [-0.3, -0.25) is 4.79 Å². The van der Waals surface area contributed by atoms with Gasteiger partial charge in [-0.15, -0.1) is 0 Å². The number of para-hydroxylation sites is 1. The van der Waals surface area contributed by atoms with E-state index < -0.39 is 11.4 Å². The Morgan fingerprint density at radius 2 is 1.92 bits per heavy atom. The molecule has 0 bridgehead atoms. The molecule has 0 spiro atoms. The highest BCUT2D eigenvalue weighted by molar-refractivity contribution is 5.75. The first kappa shape index (κ1) is 15.1. The van der Waals surface area contributed by atoms with Gasteiger partial charge < -0.3 is 10.0 Å². The molecule has 126 valence electrons. The number of tetrazole rings is 1. The average Bonchev–Trinajstić information content (AvgIpc) is 3.28. The van der Waals surface area contributed by atoms with Gasteiger partial charge in [0.15, 0.2) is 0 Å². The van der Waals surface area contributed by atoms with E-state index in [9.17, 15) is 9.90 Å². The summed E-state index contributed by atoms with van der Waals surface area (Å²) in [5.41, 5.74) is 0.341. The topological polar surface area (TPSA) is 84.1 Å². The van der Waals surface area contributed by atoms with E-state index in [1.165, 1.54) is 12.8 Å². The van der Waals surface area contributed by atoms with Crippen molar-refractivity contribution in [3.63, 3.8) is 0 Å². The van der Waals surface area contributed by atoms with Gasteiger partial charge in [-0.2, -0.15) is 4.68 Å². The van der Waals surface area contributed by atoms with Crippen LogP contribution in [0.5, 0.6) is 0 Å². The van der Waals surface area contributed by atoms with Crippen molar-refractivity contribution in [3.05, 3.63) is 30.3 Å². The van der Waals surface area contributed by atoms with Crippen molar-refractivity contribution in [2.75, 3.05) is 18.0 Å². The first-order valence-electron chi connectivity index (χ1n) is 8.50. The number of carboxylic acid groups (broad SMARTS) is 1. The number of nitrogens with zero attached hydrogens (tertiary/aromatic N) is 5. The van der Waals surface area contributed by atoms with Crippen LogP contribution in [-0.4, -0.2) is 44.4 Å². The Hall–Kier alpha value is -2.44. The molecular formula is C17H21N5O2. The molecule has 1 aliphatic carbocycles. The number of anilines is 1. The van der Waals surface area contributed by atoms with Gasteiger partial charge >= 0.3 is 5.97 Å². The normalized spacial score (nSPS) is 20.1. The summed E-state index contributed by atoms with van der Waals surface area (Å²) in [6.45, 7) is 1.35. The van der Waals surface area contributed by atoms with Crippen molar-refractivity contribution in [1.29, 1.82) is 0 Å². The van der Waals surface area contributed by atoms with Crippen molar-refractivity contribution < 1.29 is 9.90 Å². The molecule has 0 radical (unpaired) electrons. The smallest absolute Gasteiger partial charge is 0.309 e. The number of benzene rings is 1. The standard InChI is InChI=1S/C17H21N5O2/c23-15(24)17(12-13-6-7-13)8-10-21(11-9-17)16-18-19-20-22(16)14-4-2-1-3-5-14/h1-5,13H,6-12H2,(H,23,24). The van der Waals surface area contributed by atoms with Gasteiger partial charge in [-0.25, -0.2) is 0 Å². The molecular weight excluding hydrogens is 306 g/mol. The third-order valence-electron chi connectivity index (χ3n) is 5.29. The van der Waals surface area contributed by atoms with E-state index in [0.29, 0.717) is 37.8 Å². The molecule has 1 aromatic carbocycles. The maximum Gasteiger partial charge on any atom is 0.309 e. The molecule has 2 heterocycles. The molecule has 2 aliphatic rings. The molecule has 0 unspecified atom stereocenters. The van der Waals surface area contributed by atoms with Crippen LogP contribution < -0.4 is 4.90 Å². The van der Waals surface area contributed by atoms with E-state index in [2.05, 4.69) is 20.4 Å². The minimum atomic E-state index is -0.642. The lowest BCUT2D eigenvalue weighted by Gasteiger charge is -2.39. The van der Waals surface area contributed by atoms with Crippen molar-refractivity contribution in [2.45, 2.75) is 32.1 Å². The van der Waals surface area contributed by atoms with Gasteiger partial charge in [0, 0.05) is 13.1 Å². The Kier molecular flexibility index (Phi) is 3.70. The summed E-state index contributed by atoms with van der Waals surface area (Å²) < 4.78 is 1.72. The fraction of sp³-hybridized carbons (Fsp3) is 0.529. The largest absolute Gasteiger partial charge is 0.481 e. The Bertz CT molecular complexity index is 718. The number of hydrogen-bond acceptors (Lipinski definition) is 5. The maximum absolute atomic E-state index is 11.9. The van der Waals surface area contributed by atoms with E-state index in [-0.39, 0.29) is 0 Å². The van der Waals surface area contributed by atoms with Crippen LogP contribution in [0.2, 0.25) is 0 Å². The van der Waals surface area contributed by atoms with Crippen LogP contribution in [0, 0.1) is 11.3 Å². The minimum absolute atomic E-state index is 0.567. The van der Waals surface area contributed by atoms with E-state index >= 15 is 0 Å². The van der Waals surface area contributed by atoms with Gasteiger partial charge in [-0.05, 0) is 47.7 Å². The zero-order chi connectivity index (χ0) is 16.6. The number of rotatable bonds is 5. The van der Waals surface area contributed by atoms with Crippen molar-refractivity contribution in [1.82, 2.24) is 20.2 Å². The molecule has 2 fully saturated rings. The zero-order valence-corrected chi connectivity index (χ0v) is 13.5. The lowest BCUT2D eigenvalue weighted by atomic mass is 9.74. The molecule has 4 rings (SSSR count). The van der Waals surface area contributed by atoms with Crippen molar-refractivity contribution in [2.24, 2.45) is 11.3 Å². The monoisotopic (exact) mass is 327 g/mol. The highest BCUT2D eigenvalue weighted by atomic mass is 16.4. The van der Waals surface area contributed by atoms with Gasteiger partial charge in [0.05, 0.1) is 11.1 Å². The van der Waals surface area contributed by atoms with Crippen LogP contribution in [0.4, 0.5) is 5.95 Å². The van der Waals surface area contributed by atoms with Gasteiger partial charge in [0.2, 0.25) is 5.95 Å². The van der Waals surface area contributed by atoms with Crippen LogP contribution in [-0.2, 0) is 4.79 Å². The molecule has 1 saturated heterocycles. The molecule has 1 aliphatic heterocycles. The Balaban J connectivity index is 1.52. The minimum Gasteiger partial charge on any atom is -0.481 e. The molecule has 1 saturated carbocycles. The number of aromatic nitrogens is 4. The van der Waals surface area contributed by atoms with Gasteiger partial charge in [0.1, 0.15) is 0 Å². The number of carboxylic acids is 1. The zero-order valence-electron chi connectivity index (χ0n) is 13.5. The molecule has 1 aromatic heterocycles. The molecule has 0 atom stereocenters. The Morgan fingerprint density at radius 3 is 2.54 bits per heavy atom. The van der Waals surface area contributed by atoms with Crippen LogP contribution >= 0.6 is 0 Å². The highest BCUT2D eigenvalue weighted by Crippen LogP contribution is 2.46. The molecule has 2 aromatic rings. The fourth-order valence-electron chi connectivity index (χ4n) is 3.63. The van der Waals surface area contributed by atoms with E-state index in [1.54, 1.807) is 4.68 Å². The molecule has 7 nitrogen and oxygen atoms in total. The quantitative estimate of drug-likeness (QED) is 0.906. The number of hydrogen-bond donors (Lipinski definition) is 1. The maximum atomic E-state index is 11.9. The fourth-order valence-corrected chi connectivity index (χ4v) is 3.63. The summed E-state index contributed by atoms with van der Waals surface area (Å²) in [4.78, 5) is 14.0. The van der Waals surface area contributed by atoms with Gasteiger partial charge in [0.25, 0.3) is 0 Å². The lowest BCUT2D eigenvalue weighted by molar-refractivity contribution is -0.151. The average molecular weight is 327 g/mol. The highest BCUT2D eigenvalue weighted by Gasteiger charge is 2.45. The summed E-state index contributed by atoms with van der Waals surface area (Å²) in [6, 6.07) is 9.76. The van der Waals surface area contributed by atoms with Crippen LogP contribution in [0.1, 0.15) is 32.1 Å². The Morgan fingerprint density at radius 1 is 1.21 bits per heavy atom. The van der Waals surface area contributed by atoms with Crippen molar-refractivity contribution >= 4 is 11.9 Å². The SMILES string of the molecule is O=C(O)C1(CC2CC2)CCN(c2nnnn2-c2ccccc2)CC1. The second kappa shape index (κ2) is 5.89. The molecule has 0 amide bonds. The van der Waals surface area contributed by atoms with Gasteiger partial charge in [-0.1, -0.05) is 36.1 Å². The predicted octanol–water partition coefficient (Wildman–Crippen LogP) is 2.13. The number of carbonyl (C=O) groups is 1. The first-order valence-corrected chi connectivity index (χ1v) is 8.50. The summed E-state index contributed by atoms with van der Waals surface area (Å²) >= 11 is 0. The summed E-state index contributed by atoms with van der Waals surface area (Å²) in [5, 5.41) is 21.8. The predicted molar refractivity (Wildman–Crippen MR) is 88.0 cm³/mol. The second-order valence-electron chi connectivity index (χ2n) is 6.95. The summed E-state index contributed by atoms with van der Waals surface area (Å²) in [7, 11) is 0. The number of aliphatic carboxylic acids is 1. The Labute approximate surface area is 140 Å². The van der Waals surface area contributed by atoms with Crippen LogP contribution in [0.15, 0.2) is 30.3 Å². The third-order valence-corrected chi connectivity index (χ3v) is 5.29. The van der Waals surface area contributed by atoms with E-state index in [4.69, 9.17) is 0 Å². The van der Waals surface area contributed by atoms with E-state index in [0.717, 1.165) is 12.1 Å².